The highest BCUT2D eigenvalue weighted by molar-refractivity contribution is 7.89. The summed E-state index contributed by atoms with van der Waals surface area (Å²) < 4.78 is 43.0. The molecule has 8 nitrogen and oxygen atoms in total. The van der Waals surface area contributed by atoms with Crippen LogP contribution in [0.2, 0.25) is 0 Å². The van der Waals surface area contributed by atoms with Crippen LogP contribution in [0, 0.1) is 5.92 Å². The molecule has 1 aliphatic heterocycles. The van der Waals surface area contributed by atoms with Crippen molar-refractivity contribution in [2.75, 3.05) is 41.5 Å². The molecule has 0 unspecified atom stereocenters. The highest BCUT2D eigenvalue weighted by Crippen LogP contribution is 2.29. The first-order valence-corrected chi connectivity index (χ1v) is 11.8. The lowest BCUT2D eigenvalue weighted by Gasteiger charge is -2.32. The predicted molar refractivity (Wildman–Crippen MR) is 120 cm³/mol. The van der Waals surface area contributed by atoms with Crippen molar-refractivity contribution < 1.29 is 27.4 Å². The fraction of sp³-hybridized carbons (Fsp3) is 0.435. The van der Waals surface area contributed by atoms with E-state index in [2.05, 4.69) is 0 Å². The maximum atomic E-state index is 13.0. The van der Waals surface area contributed by atoms with Crippen LogP contribution in [0.1, 0.15) is 18.4 Å². The molecule has 0 atom stereocenters. The van der Waals surface area contributed by atoms with Gasteiger partial charge in [-0.3, -0.25) is 4.79 Å². The van der Waals surface area contributed by atoms with Crippen molar-refractivity contribution in [1.82, 2.24) is 9.21 Å². The number of benzene rings is 2. The van der Waals surface area contributed by atoms with Crippen molar-refractivity contribution in [2.45, 2.75) is 24.3 Å². The zero-order chi connectivity index (χ0) is 23.3. The number of carbonyl (C=O) groups is 1. The van der Waals surface area contributed by atoms with E-state index in [0.29, 0.717) is 49.7 Å². The van der Waals surface area contributed by atoms with Crippen LogP contribution in [-0.4, -0.2) is 65.0 Å². The molecule has 1 saturated heterocycles. The number of nitrogens with zero attached hydrogens (tertiary/aromatic N) is 2. The van der Waals surface area contributed by atoms with Crippen molar-refractivity contribution in [1.29, 1.82) is 0 Å². The van der Waals surface area contributed by atoms with Crippen LogP contribution in [0.5, 0.6) is 17.2 Å². The van der Waals surface area contributed by atoms with Crippen LogP contribution in [0.25, 0.3) is 0 Å². The van der Waals surface area contributed by atoms with E-state index in [1.165, 1.54) is 11.4 Å². The molecule has 0 bridgehead atoms. The van der Waals surface area contributed by atoms with E-state index in [-0.39, 0.29) is 16.7 Å². The molecular formula is C23H30N2O6S. The Bertz CT molecular complexity index is 1030. The maximum absolute atomic E-state index is 13.0. The Morgan fingerprint density at radius 3 is 2.16 bits per heavy atom. The van der Waals surface area contributed by atoms with Crippen molar-refractivity contribution in [3.8, 4) is 17.2 Å². The molecule has 0 aromatic heterocycles. The highest BCUT2D eigenvalue weighted by Gasteiger charge is 2.33. The molecule has 3 rings (SSSR count). The lowest BCUT2D eigenvalue weighted by Crippen LogP contribution is -2.43. The lowest BCUT2D eigenvalue weighted by atomic mass is 9.96. The number of methoxy groups -OCH3 is 3. The summed E-state index contributed by atoms with van der Waals surface area (Å²) in [6.45, 7) is 1.06. The average Bonchev–Trinajstić information content (AvgIpc) is 2.83. The summed E-state index contributed by atoms with van der Waals surface area (Å²) in [6, 6.07) is 11.9. The van der Waals surface area contributed by atoms with Gasteiger partial charge in [0.15, 0.2) is 11.5 Å². The van der Waals surface area contributed by atoms with Crippen LogP contribution in [0.4, 0.5) is 0 Å². The van der Waals surface area contributed by atoms with Gasteiger partial charge in [0, 0.05) is 32.6 Å². The van der Waals surface area contributed by atoms with Gasteiger partial charge in [0.25, 0.3) is 0 Å². The summed E-state index contributed by atoms with van der Waals surface area (Å²) in [6.07, 6.45) is 0.981. The Balaban J connectivity index is 1.59. The van der Waals surface area contributed by atoms with E-state index in [1.807, 2.05) is 18.2 Å². The molecule has 1 aliphatic rings. The summed E-state index contributed by atoms with van der Waals surface area (Å²) in [7, 11) is 2.86. The highest BCUT2D eigenvalue weighted by atomic mass is 32.2. The van der Waals surface area contributed by atoms with Crippen LogP contribution in [-0.2, 0) is 21.4 Å². The van der Waals surface area contributed by atoms with E-state index in [1.54, 1.807) is 50.4 Å². The third kappa shape index (κ3) is 5.16. The van der Waals surface area contributed by atoms with Crippen LogP contribution in [0.15, 0.2) is 47.4 Å². The third-order valence-electron chi connectivity index (χ3n) is 5.74. The SMILES string of the molecule is COc1ccc(S(=O)(=O)N2CCC(C(=O)N(C)Cc3ccc(OC)c(OC)c3)CC2)cc1. The monoisotopic (exact) mass is 462 g/mol. The fourth-order valence-electron chi connectivity index (χ4n) is 3.88. The van der Waals surface area contributed by atoms with Gasteiger partial charge in [0.1, 0.15) is 5.75 Å². The normalized spacial score (nSPS) is 15.2. The molecule has 0 saturated carbocycles. The van der Waals surface area contributed by atoms with E-state index in [0.717, 1.165) is 5.56 Å². The zero-order valence-electron chi connectivity index (χ0n) is 18.9. The van der Waals surface area contributed by atoms with Crippen molar-refractivity contribution in [2.24, 2.45) is 5.92 Å². The van der Waals surface area contributed by atoms with Crippen LogP contribution < -0.4 is 14.2 Å². The first-order valence-electron chi connectivity index (χ1n) is 10.4. The predicted octanol–water partition coefficient (Wildman–Crippen LogP) is 2.77. The lowest BCUT2D eigenvalue weighted by molar-refractivity contribution is -0.135. The number of ether oxygens (including phenoxy) is 3. The Morgan fingerprint density at radius 2 is 1.59 bits per heavy atom. The minimum Gasteiger partial charge on any atom is -0.497 e. The van der Waals surface area contributed by atoms with Gasteiger partial charge in [-0.05, 0) is 54.8 Å². The first kappa shape index (κ1) is 23.9. The van der Waals surface area contributed by atoms with Crippen LogP contribution in [0.3, 0.4) is 0 Å². The third-order valence-corrected chi connectivity index (χ3v) is 7.66. The van der Waals surface area contributed by atoms with Crippen molar-refractivity contribution >= 4 is 15.9 Å². The molecule has 1 fully saturated rings. The van der Waals surface area contributed by atoms with Gasteiger partial charge in [-0.2, -0.15) is 4.31 Å². The van der Waals surface area contributed by atoms with Gasteiger partial charge in [-0.15, -0.1) is 0 Å². The summed E-state index contributed by atoms with van der Waals surface area (Å²) in [5.41, 5.74) is 0.929. The largest absolute Gasteiger partial charge is 0.497 e. The Hall–Kier alpha value is -2.78. The van der Waals surface area contributed by atoms with Crippen molar-refractivity contribution in [3.63, 3.8) is 0 Å². The second kappa shape index (κ2) is 10.2. The van der Waals surface area contributed by atoms with E-state index >= 15 is 0 Å². The number of hydrogen-bond donors (Lipinski definition) is 0. The molecular weight excluding hydrogens is 432 g/mol. The number of amides is 1. The molecule has 174 valence electrons. The Labute approximate surface area is 189 Å². The zero-order valence-corrected chi connectivity index (χ0v) is 19.7. The number of piperidine rings is 1. The molecule has 1 amide bonds. The topological polar surface area (TPSA) is 85.4 Å². The molecule has 32 heavy (non-hydrogen) atoms. The molecule has 2 aromatic rings. The van der Waals surface area contributed by atoms with Gasteiger partial charge in [-0.1, -0.05) is 6.07 Å². The summed E-state index contributed by atoms with van der Waals surface area (Å²) in [4.78, 5) is 14.9. The quantitative estimate of drug-likeness (QED) is 0.600. The molecule has 0 N–H and O–H groups in total. The minimum absolute atomic E-state index is 0.0151. The second-order valence-electron chi connectivity index (χ2n) is 7.74. The molecule has 0 radical (unpaired) electrons. The van der Waals surface area contributed by atoms with Gasteiger partial charge in [0.05, 0.1) is 26.2 Å². The van der Waals surface area contributed by atoms with Gasteiger partial charge < -0.3 is 19.1 Å². The standard InChI is InChI=1S/C23H30N2O6S/c1-24(16-17-5-10-21(30-3)22(15-17)31-4)23(26)18-11-13-25(14-12-18)32(27,28)20-8-6-19(29-2)7-9-20/h5-10,15,18H,11-14,16H2,1-4H3. The molecule has 2 aromatic carbocycles. The van der Waals surface area contributed by atoms with Gasteiger partial charge in [0.2, 0.25) is 15.9 Å². The Kier molecular flexibility index (Phi) is 7.63. The van der Waals surface area contributed by atoms with Gasteiger partial charge >= 0.3 is 0 Å². The summed E-state index contributed by atoms with van der Waals surface area (Å²) in [5, 5.41) is 0. The number of hydrogen-bond acceptors (Lipinski definition) is 6. The molecule has 9 heteroatoms. The number of sulfonamides is 1. The maximum Gasteiger partial charge on any atom is 0.243 e. The first-order chi connectivity index (χ1) is 15.3. The molecule has 1 heterocycles. The van der Waals surface area contributed by atoms with Crippen LogP contribution >= 0.6 is 0 Å². The van der Waals surface area contributed by atoms with Crippen molar-refractivity contribution in [3.05, 3.63) is 48.0 Å². The second-order valence-corrected chi connectivity index (χ2v) is 9.68. The number of carbonyl (C=O) groups excluding carboxylic acids is 1. The molecule has 0 spiro atoms. The fourth-order valence-corrected chi connectivity index (χ4v) is 5.35. The van der Waals surface area contributed by atoms with Gasteiger partial charge in [-0.25, -0.2) is 8.42 Å². The smallest absolute Gasteiger partial charge is 0.243 e. The van der Waals surface area contributed by atoms with E-state index in [4.69, 9.17) is 14.2 Å². The average molecular weight is 463 g/mol. The van der Waals surface area contributed by atoms with E-state index < -0.39 is 10.0 Å². The van der Waals surface area contributed by atoms with E-state index in [9.17, 15) is 13.2 Å². The summed E-state index contributed by atoms with van der Waals surface area (Å²) >= 11 is 0. The molecule has 0 aliphatic carbocycles. The summed E-state index contributed by atoms with van der Waals surface area (Å²) in [5.74, 6) is 1.66. The Morgan fingerprint density at radius 1 is 0.969 bits per heavy atom. The minimum atomic E-state index is -3.59. The number of rotatable bonds is 8.